The van der Waals surface area contributed by atoms with Gasteiger partial charge in [-0.1, -0.05) is 13.8 Å². The number of carbonyl (C=O) groups excluding carboxylic acids is 1. The molecule has 0 aromatic heterocycles. The first-order valence-corrected chi connectivity index (χ1v) is 5.86. The molecule has 0 aliphatic rings. The average Bonchev–Trinajstić information content (AvgIpc) is 2.34. The summed E-state index contributed by atoms with van der Waals surface area (Å²) in [5.41, 5.74) is 0.344. The minimum atomic E-state index is -0.728. The summed E-state index contributed by atoms with van der Waals surface area (Å²) in [6, 6.07) is 6.03. The van der Waals surface area contributed by atoms with Crippen molar-refractivity contribution in [3.63, 3.8) is 0 Å². The molecule has 1 aromatic rings. The number of carbonyl (C=O) groups is 1. The molecule has 0 saturated carbocycles. The number of hydrogen-bond acceptors (Lipinski definition) is 5. The monoisotopic (exact) mass is 253 g/mol. The lowest BCUT2D eigenvalue weighted by molar-refractivity contribution is 0.0256. The van der Waals surface area contributed by atoms with E-state index in [1.165, 1.54) is 24.3 Å². The number of aliphatic hydroxyl groups excluding tert-OH is 1. The van der Waals surface area contributed by atoms with Crippen molar-refractivity contribution in [2.45, 2.75) is 26.0 Å². The molecule has 0 saturated heterocycles. The Morgan fingerprint density at radius 3 is 2.50 bits per heavy atom. The summed E-state index contributed by atoms with van der Waals surface area (Å²) in [4.78, 5) is 11.6. The van der Waals surface area contributed by atoms with Gasteiger partial charge in [0.1, 0.15) is 18.5 Å². The van der Waals surface area contributed by atoms with E-state index < -0.39 is 12.1 Å². The van der Waals surface area contributed by atoms with Crippen molar-refractivity contribution in [1.29, 1.82) is 0 Å². The van der Waals surface area contributed by atoms with Gasteiger partial charge in [0, 0.05) is 12.6 Å². The molecule has 0 aliphatic heterocycles. The summed E-state index contributed by atoms with van der Waals surface area (Å²) in [7, 11) is 0. The molecule has 0 unspecified atom stereocenters. The van der Waals surface area contributed by atoms with Crippen LogP contribution in [0.15, 0.2) is 24.3 Å². The number of hydrogen-bond donors (Lipinski definition) is 3. The summed E-state index contributed by atoms with van der Waals surface area (Å²) in [5, 5.41) is 21.7. The van der Waals surface area contributed by atoms with Gasteiger partial charge in [0.2, 0.25) is 0 Å². The second-order valence-corrected chi connectivity index (χ2v) is 4.36. The minimum Gasteiger partial charge on any atom is -0.508 e. The predicted octanol–water partition coefficient (Wildman–Crippen LogP) is 0.908. The molecule has 0 bridgehead atoms. The van der Waals surface area contributed by atoms with Gasteiger partial charge in [0.05, 0.1) is 5.56 Å². The van der Waals surface area contributed by atoms with Crippen molar-refractivity contribution in [3.05, 3.63) is 29.8 Å². The van der Waals surface area contributed by atoms with Crippen LogP contribution < -0.4 is 5.32 Å². The fraction of sp³-hybridized carbons (Fsp3) is 0.462. The van der Waals surface area contributed by atoms with E-state index in [4.69, 9.17) is 9.84 Å². The van der Waals surface area contributed by atoms with Crippen molar-refractivity contribution in [3.8, 4) is 5.75 Å². The summed E-state index contributed by atoms with van der Waals surface area (Å²) < 4.78 is 4.95. The quantitative estimate of drug-likeness (QED) is 0.657. The zero-order valence-corrected chi connectivity index (χ0v) is 10.6. The van der Waals surface area contributed by atoms with Crippen LogP contribution in [-0.2, 0) is 4.74 Å². The third kappa shape index (κ3) is 5.16. The maximum atomic E-state index is 11.6. The van der Waals surface area contributed by atoms with E-state index in [0.29, 0.717) is 12.1 Å². The van der Waals surface area contributed by atoms with E-state index in [-0.39, 0.29) is 18.4 Å². The van der Waals surface area contributed by atoms with Gasteiger partial charge in [-0.05, 0) is 24.3 Å². The molecular formula is C13H19NO4. The second-order valence-electron chi connectivity index (χ2n) is 4.36. The molecule has 3 N–H and O–H groups in total. The van der Waals surface area contributed by atoms with Crippen LogP contribution in [0.4, 0.5) is 0 Å². The number of aromatic hydroxyl groups is 1. The van der Waals surface area contributed by atoms with Crippen molar-refractivity contribution in [2.75, 3.05) is 13.2 Å². The molecule has 1 rings (SSSR count). The zero-order valence-electron chi connectivity index (χ0n) is 10.6. The van der Waals surface area contributed by atoms with Crippen LogP contribution in [-0.4, -0.2) is 41.5 Å². The fourth-order valence-corrected chi connectivity index (χ4v) is 1.28. The lowest BCUT2D eigenvalue weighted by Crippen LogP contribution is -2.35. The fourth-order valence-electron chi connectivity index (χ4n) is 1.28. The van der Waals surface area contributed by atoms with Gasteiger partial charge < -0.3 is 20.3 Å². The molecule has 5 nitrogen and oxygen atoms in total. The number of benzene rings is 1. The van der Waals surface area contributed by atoms with E-state index in [1.807, 2.05) is 13.8 Å². The topological polar surface area (TPSA) is 78.8 Å². The molecule has 5 heteroatoms. The molecule has 0 spiro atoms. The number of rotatable bonds is 6. The van der Waals surface area contributed by atoms with Gasteiger partial charge in [-0.2, -0.15) is 0 Å². The molecule has 0 heterocycles. The van der Waals surface area contributed by atoms with E-state index in [0.717, 1.165) is 0 Å². The second kappa shape index (κ2) is 6.98. The van der Waals surface area contributed by atoms with E-state index in [1.54, 1.807) is 0 Å². The summed E-state index contributed by atoms with van der Waals surface area (Å²) in [5.74, 6) is -0.425. The number of ether oxygens (including phenoxy) is 1. The highest BCUT2D eigenvalue weighted by Gasteiger charge is 2.11. The van der Waals surface area contributed by atoms with Gasteiger partial charge >= 0.3 is 5.97 Å². The van der Waals surface area contributed by atoms with Crippen molar-refractivity contribution in [2.24, 2.45) is 0 Å². The summed E-state index contributed by atoms with van der Waals surface area (Å²) in [6.07, 6.45) is -0.728. The third-order valence-corrected chi connectivity index (χ3v) is 2.27. The normalized spacial score (nSPS) is 12.4. The number of phenols is 1. The molecule has 18 heavy (non-hydrogen) atoms. The van der Waals surface area contributed by atoms with Gasteiger partial charge in [0.25, 0.3) is 0 Å². The van der Waals surface area contributed by atoms with Crippen LogP contribution in [0.2, 0.25) is 0 Å². The van der Waals surface area contributed by atoms with Crippen LogP contribution in [0.1, 0.15) is 24.2 Å². The maximum absolute atomic E-state index is 11.6. The van der Waals surface area contributed by atoms with Crippen LogP contribution in [0.25, 0.3) is 0 Å². The largest absolute Gasteiger partial charge is 0.508 e. The smallest absolute Gasteiger partial charge is 0.338 e. The SMILES string of the molecule is CC(C)NC[C@H](O)COC(=O)c1ccc(O)cc1. The minimum absolute atomic E-state index is 0.0561. The summed E-state index contributed by atoms with van der Waals surface area (Å²) >= 11 is 0. The highest BCUT2D eigenvalue weighted by molar-refractivity contribution is 5.89. The van der Waals surface area contributed by atoms with Gasteiger partial charge in [-0.25, -0.2) is 4.79 Å². The zero-order chi connectivity index (χ0) is 13.5. The number of aliphatic hydroxyl groups is 1. The number of nitrogens with one attached hydrogen (secondary N) is 1. The van der Waals surface area contributed by atoms with E-state index >= 15 is 0 Å². The standard InChI is InChI=1S/C13H19NO4/c1-9(2)14-7-12(16)8-18-13(17)10-3-5-11(15)6-4-10/h3-6,9,12,14-16H,7-8H2,1-2H3/t12-/m0/s1. The Kier molecular flexibility index (Phi) is 5.61. The van der Waals surface area contributed by atoms with E-state index in [2.05, 4.69) is 5.32 Å². The molecule has 100 valence electrons. The molecule has 0 fully saturated rings. The third-order valence-electron chi connectivity index (χ3n) is 2.27. The van der Waals surface area contributed by atoms with Gasteiger partial charge in [0.15, 0.2) is 0 Å². The Labute approximate surface area is 106 Å². The Balaban J connectivity index is 2.34. The lowest BCUT2D eigenvalue weighted by atomic mass is 10.2. The first-order chi connectivity index (χ1) is 8.49. The molecule has 0 aliphatic carbocycles. The lowest BCUT2D eigenvalue weighted by Gasteiger charge is -2.14. The van der Waals surface area contributed by atoms with Crippen molar-refractivity contribution < 1.29 is 19.7 Å². The van der Waals surface area contributed by atoms with E-state index in [9.17, 15) is 9.90 Å². The van der Waals surface area contributed by atoms with Crippen LogP contribution in [0, 0.1) is 0 Å². The highest BCUT2D eigenvalue weighted by Crippen LogP contribution is 2.10. The molecule has 1 aromatic carbocycles. The molecule has 0 amide bonds. The Bertz CT molecular complexity index is 375. The Hall–Kier alpha value is -1.59. The van der Waals surface area contributed by atoms with Gasteiger partial charge in [-0.15, -0.1) is 0 Å². The molecule has 0 radical (unpaired) electrons. The highest BCUT2D eigenvalue weighted by atomic mass is 16.5. The van der Waals surface area contributed by atoms with Crippen LogP contribution >= 0.6 is 0 Å². The molecule has 1 atom stereocenters. The van der Waals surface area contributed by atoms with Gasteiger partial charge in [-0.3, -0.25) is 0 Å². The average molecular weight is 253 g/mol. The first kappa shape index (κ1) is 14.5. The summed E-state index contributed by atoms with van der Waals surface area (Å²) in [6.45, 7) is 4.25. The predicted molar refractivity (Wildman–Crippen MR) is 67.5 cm³/mol. The number of phenolic OH excluding ortho intramolecular Hbond substituents is 1. The van der Waals surface area contributed by atoms with Crippen LogP contribution in [0.5, 0.6) is 5.75 Å². The number of esters is 1. The first-order valence-electron chi connectivity index (χ1n) is 5.86. The maximum Gasteiger partial charge on any atom is 0.338 e. The Morgan fingerprint density at radius 1 is 1.33 bits per heavy atom. The van der Waals surface area contributed by atoms with Crippen molar-refractivity contribution in [1.82, 2.24) is 5.32 Å². The Morgan fingerprint density at radius 2 is 1.94 bits per heavy atom. The van der Waals surface area contributed by atoms with Crippen LogP contribution in [0.3, 0.4) is 0 Å². The molecular weight excluding hydrogens is 234 g/mol. The van der Waals surface area contributed by atoms with Crippen molar-refractivity contribution >= 4 is 5.97 Å².